The normalized spacial score (nSPS) is 13.7. The molecule has 9 heteroatoms. The standard InChI is InChI=1S/C21H22N8O/c1-11-5-8-15(9-18(11)29-13(3)24-26-27-29)22-21(30)16-10-17(14-6-7-14)23-20-19(16)12(2)25-28(20)4/h5,8-10,14H,6-7H2,1-4H3,(H,22,30). The van der Waals surface area contributed by atoms with E-state index >= 15 is 0 Å². The summed E-state index contributed by atoms with van der Waals surface area (Å²) in [5.41, 5.74) is 5.62. The van der Waals surface area contributed by atoms with Crippen LogP contribution < -0.4 is 5.32 Å². The smallest absolute Gasteiger partial charge is 0.256 e. The van der Waals surface area contributed by atoms with Gasteiger partial charge in [0.05, 0.1) is 22.3 Å². The van der Waals surface area contributed by atoms with Crippen molar-refractivity contribution in [1.82, 2.24) is 35.0 Å². The van der Waals surface area contributed by atoms with E-state index in [4.69, 9.17) is 4.98 Å². The van der Waals surface area contributed by atoms with E-state index < -0.39 is 0 Å². The molecule has 152 valence electrons. The van der Waals surface area contributed by atoms with Crippen molar-refractivity contribution in [3.05, 3.63) is 52.6 Å². The third-order valence-electron chi connectivity index (χ3n) is 5.55. The molecule has 0 aliphatic heterocycles. The van der Waals surface area contributed by atoms with Gasteiger partial charge >= 0.3 is 0 Å². The van der Waals surface area contributed by atoms with Crippen molar-refractivity contribution in [3.63, 3.8) is 0 Å². The lowest BCUT2D eigenvalue weighted by atomic mass is 10.1. The second-order valence-electron chi connectivity index (χ2n) is 7.87. The zero-order valence-corrected chi connectivity index (χ0v) is 17.3. The second-order valence-corrected chi connectivity index (χ2v) is 7.87. The largest absolute Gasteiger partial charge is 0.322 e. The lowest BCUT2D eigenvalue weighted by Crippen LogP contribution is -2.14. The monoisotopic (exact) mass is 402 g/mol. The van der Waals surface area contributed by atoms with E-state index in [2.05, 4.69) is 25.9 Å². The summed E-state index contributed by atoms with van der Waals surface area (Å²) in [7, 11) is 1.86. The van der Waals surface area contributed by atoms with Crippen molar-refractivity contribution in [2.24, 2.45) is 7.05 Å². The number of nitrogens with zero attached hydrogens (tertiary/aromatic N) is 7. The number of benzene rings is 1. The topological polar surface area (TPSA) is 103 Å². The molecule has 0 bridgehead atoms. The van der Waals surface area contributed by atoms with E-state index in [9.17, 15) is 4.79 Å². The van der Waals surface area contributed by atoms with Gasteiger partial charge in [0, 0.05) is 24.3 Å². The molecule has 4 aromatic rings. The molecule has 1 N–H and O–H groups in total. The Balaban J connectivity index is 1.55. The summed E-state index contributed by atoms with van der Waals surface area (Å²) in [6.07, 6.45) is 2.23. The maximum absolute atomic E-state index is 13.3. The van der Waals surface area contributed by atoms with Crippen LogP contribution in [0.25, 0.3) is 16.7 Å². The van der Waals surface area contributed by atoms with Crippen LogP contribution in [-0.2, 0) is 7.05 Å². The minimum Gasteiger partial charge on any atom is -0.322 e. The van der Waals surface area contributed by atoms with E-state index in [-0.39, 0.29) is 5.91 Å². The van der Waals surface area contributed by atoms with Crippen molar-refractivity contribution in [3.8, 4) is 5.69 Å². The predicted molar refractivity (Wildman–Crippen MR) is 112 cm³/mol. The van der Waals surface area contributed by atoms with Gasteiger partial charge in [-0.05, 0) is 67.8 Å². The second kappa shape index (κ2) is 6.72. The van der Waals surface area contributed by atoms with Crippen LogP contribution in [0, 0.1) is 20.8 Å². The van der Waals surface area contributed by atoms with E-state index in [1.807, 2.05) is 52.1 Å². The summed E-state index contributed by atoms with van der Waals surface area (Å²) in [6, 6.07) is 7.63. The van der Waals surface area contributed by atoms with Gasteiger partial charge in [-0.15, -0.1) is 5.10 Å². The lowest BCUT2D eigenvalue weighted by Gasteiger charge is -2.12. The Labute approximate surface area is 173 Å². The van der Waals surface area contributed by atoms with Crippen molar-refractivity contribution in [1.29, 1.82) is 0 Å². The number of aromatic nitrogens is 7. The molecular formula is C21H22N8O. The van der Waals surface area contributed by atoms with Gasteiger partial charge in [-0.3, -0.25) is 9.48 Å². The van der Waals surface area contributed by atoms with Gasteiger partial charge in [0.25, 0.3) is 5.91 Å². The number of pyridine rings is 1. The van der Waals surface area contributed by atoms with Crippen LogP contribution in [0.15, 0.2) is 24.3 Å². The Hall–Kier alpha value is -3.62. The van der Waals surface area contributed by atoms with Crippen LogP contribution in [0.1, 0.15) is 51.9 Å². The number of rotatable bonds is 4. The van der Waals surface area contributed by atoms with E-state index in [0.29, 0.717) is 23.0 Å². The first-order chi connectivity index (χ1) is 14.4. The van der Waals surface area contributed by atoms with Gasteiger partial charge in [-0.25, -0.2) is 4.98 Å². The highest BCUT2D eigenvalue weighted by Crippen LogP contribution is 2.40. The van der Waals surface area contributed by atoms with E-state index in [0.717, 1.165) is 46.5 Å². The van der Waals surface area contributed by atoms with Crippen LogP contribution in [0.2, 0.25) is 0 Å². The maximum atomic E-state index is 13.3. The maximum Gasteiger partial charge on any atom is 0.256 e. The van der Waals surface area contributed by atoms with Crippen molar-refractivity contribution < 1.29 is 4.79 Å². The number of nitrogens with one attached hydrogen (secondary N) is 1. The predicted octanol–water partition coefficient (Wildman–Crippen LogP) is 3.00. The number of anilines is 1. The molecule has 9 nitrogen and oxygen atoms in total. The molecular weight excluding hydrogens is 380 g/mol. The molecule has 0 saturated heterocycles. The number of amides is 1. The summed E-state index contributed by atoms with van der Waals surface area (Å²) in [5, 5.41) is 20.0. The first-order valence-electron chi connectivity index (χ1n) is 9.94. The number of carbonyl (C=O) groups excluding carboxylic acids is 1. The molecule has 1 aliphatic carbocycles. The van der Waals surface area contributed by atoms with Gasteiger partial charge in [0.15, 0.2) is 11.5 Å². The average molecular weight is 402 g/mol. The molecule has 0 unspecified atom stereocenters. The molecule has 1 aliphatic rings. The fourth-order valence-electron chi connectivity index (χ4n) is 3.80. The molecule has 0 radical (unpaired) electrons. The molecule has 3 heterocycles. The summed E-state index contributed by atoms with van der Waals surface area (Å²) in [5.74, 6) is 0.936. The van der Waals surface area contributed by atoms with E-state index in [1.54, 1.807) is 9.36 Å². The Morgan fingerprint density at radius 1 is 1.17 bits per heavy atom. The van der Waals surface area contributed by atoms with Crippen molar-refractivity contribution >= 4 is 22.6 Å². The van der Waals surface area contributed by atoms with Crippen molar-refractivity contribution in [2.75, 3.05) is 5.32 Å². The number of carbonyl (C=O) groups is 1. The summed E-state index contributed by atoms with van der Waals surface area (Å²) in [6.45, 7) is 5.72. The molecule has 1 amide bonds. The molecule has 0 atom stereocenters. The first kappa shape index (κ1) is 18.4. The van der Waals surface area contributed by atoms with Gasteiger partial charge in [0.2, 0.25) is 0 Å². The quantitative estimate of drug-likeness (QED) is 0.563. The highest BCUT2D eigenvalue weighted by atomic mass is 16.1. The Kier molecular flexibility index (Phi) is 4.12. The molecule has 1 aromatic carbocycles. The van der Waals surface area contributed by atoms with Crippen LogP contribution in [-0.4, -0.2) is 40.9 Å². The number of hydrogen-bond donors (Lipinski definition) is 1. The number of aryl methyl sites for hydroxylation is 4. The summed E-state index contributed by atoms with van der Waals surface area (Å²) in [4.78, 5) is 18.1. The summed E-state index contributed by atoms with van der Waals surface area (Å²) < 4.78 is 3.41. The number of fused-ring (bicyclic) bond motifs is 1. The highest BCUT2D eigenvalue weighted by Gasteiger charge is 2.28. The van der Waals surface area contributed by atoms with Crippen LogP contribution in [0.5, 0.6) is 0 Å². The minimum atomic E-state index is -0.177. The molecule has 1 fully saturated rings. The zero-order chi connectivity index (χ0) is 21.0. The SMILES string of the molecule is Cc1ccc(NC(=O)c2cc(C3CC3)nc3c2c(C)nn3C)cc1-n1nnnc1C. The first-order valence-corrected chi connectivity index (χ1v) is 9.94. The van der Waals surface area contributed by atoms with Crippen LogP contribution >= 0.6 is 0 Å². The number of tetrazole rings is 1. The van der Waals surface area contributed by atoms with Crippen LogP contribution in [0.4, 0.5) is 5.69 Å². The number of hydrogen-bond acceptors (Lipinski definition) is 6. The fraction of sp³-hybridized carbons (Fsp3) is 0.333. The molecule has 5 rings (SSSR count). The van der Waals surface area contributed by atoms with Gasteiger partial charge in [-0.1, -0.05) is 6.07 Å². The third kappa shape index (κ3) is 3.02. The summed E-state index contributed by atoms with van der Waals surface area (Å²) >= 11 is 0. The Bertz CT molecular complexity index is 1300. The van der Waals surface area contributed by atoms with Crippen LogP contribution in [0.3, 0.4) is 0 Å². The van der Waals surface area contributed by atoms with Gasteiger partial charge in [0.1, 0.15) is 0 Å². The molecule has 1 saturated carbocycles. The lowest BCUT2D eigenvalue weighted by molar-refractivity contribution is 0.102. The molecule has 30 heavy (non-hydrogen) atoms. The van der Waals surface area contributed by atoms with E-state index in [1.165, 1.54) is 0 Å². The van der Waals surface area contributed by atoms with Gasteiger partial charge in [-0.2, -0.15) is 9.78 Å². The minimum absolute atomic E-state index is 0.177. The van der Waals surface area contributed by atoms with Crippen molar-refractivity contribution in [2.45, 2.75) is 39.5 Å². The molecule has 3 aromatic heterocycles. The molecule has 0 spiro atoms. The third-order valence-corrected chi connectivity index (χ3v) is 5.55. The Morgan fingerprint density at radius 3 is 2.67 bits per heavy atom. The van der Waals surface area contributed by atoms with Gasteiger partial charge < -0.3 is 5.32 Å². The zero-order valence-electron chi connectivity index (χ0n) is 17.3. The Morgan fingerprint density at radius 2 is 1.97 bits per heavy atom. The highest BCUT2D eigenvalue weighted by molar-refractivity contribution is 6.12. The average Bonchev–Trinajstić information content (AvgIpc) is 3.43. The fourth-order valence-corrected chi connectivity index (χ4v) is 3.80.